The highest BCUT2D eigenvalue weighted by Gasteiger charge is 2.44. The van der Waals surface area contributed by atoms with Crippen LogP contribution in [0.25, 0.3) is 0 Å². The Hall–Kier alpha value is -2.80. The summed E-state index contributed by atoms with van der Waals surface area (Å²) in [6, 6.07) is 12.7. The van der Waals surface area contributed by atoms with Gasteiger partial charge in [-0.1, -0.05) is 37.3 Å². The molecule has 2 aromatic rings. The maximum atomic E-state index is 11.9. The number of nitro groups is 1. The molecule has 0 spiro atoms. The summed E-state index contributed by atoms with van der Waals surface area (Å²) in [7, 11) is 4.30. The standard InChI is InChI=1S/C21H27NO6/c1-5-15(16-9-7-6-8-10-16)11-12-21(23,22(24)25)17-13-18(26-2)20(28-4)19(14-17)27-3/h6-10,13-15,23H,5,11-12H2,1-4H3. The van der Waals surface area contributed by atoms with Gasteiger partial charge in [-0.2, -0.15) is 0 Å². The lowest BCUT2D eigenvalue weighted by molar-refractivity contribution is -0.637. The van der Waals surface area contributed by atoms with Gasteiger partial charge in [0.05, 0.1) is 38.2 Å². The topological polar surface area (TPSA) is 91.1 Å². The zero-order valence-electron chi connectivity index (χ0n) is 16.7. The molecule has 2 aromatic carbocycles. The van der Waals surface area contributed by atoms with Crippen molar-refractivity contribution in [3.05, 3.63) is 63.7 Å². The van der Waals surface area contributed by atoms with Crippen molar-refractivity contribution in [1.29, 1.82) is 0 Å². The molecule has 0 heterocycles. The zero-order chi connectivity index (χ0) is 20.7. The number of rotatable bonds is 10. The fourth-order valence-electron chi connectivity index (χ4n) is 3.36. The lowest BCUT2D eigenvalue weighted by Crippen LogP contribution is -2.35. The molecule has 0 aliphatic rings. The largest absolute Gasteiger partial charge is 0.493 e. The Morgan fingerprint density at radius 3 is 2.07 bits per heavy atom. The summed E-state index contributed by atoms with van der Waals surface area (Å²) in [6.07, 6.45) is 1.22. The van der Waals surface area contributed by atoms with Gasteiger partial charge >= 0.3 is 5.72 Å². The van der Waals surface area contributed by atoms with Crippen molar-refractivity contribution in [2.45, 2.75) is 37.8 Å². The summed E-state index contributed by atoms with van der Waals surface area (Å²) < 4.78 is 15.8. The Labute approximate surface area is 165 Å². The number of hydrogen-bond acceptors (Lipinski definition) is 6. The van der Waals surface area contributed by atoms with Crippen molar-refractivity contribution in [1.82, 2.24) is 0 Å². The van der Waals surface area contributed by atoms with E-state index in [1.54, 1.807) is 0 Å². The first-order valence-corrected chi connectivity index (χ1v) is 9.13. The molecule has 0 aliphatic heterocycles. The molecule has 1 N–H and O–H groups in total. The molecule has 7 nitrogen and oxygen atoms in total. The molecule has 2 rings (SSSR count). The molecule has 0 aliphatic carbocycles. The Balaban J connectivity index is 2.39. The number of methoxy groups -OCH3 is 3. The third-order valence-electron chi connectivity index (χ3n) is 5.03. The van der Waals surface area contributed by atoms with Crippen molar-refractivity contribution in [3.8, 4) is 17.2 Å². The molecule has 0 aromatic heterocycles. The van der Waals surface area contributed by atoms with Crippen LogP contribution in [-0.4, -0.2) is 31.4 Å². The molecular formula is C21H27NO6. The van der Waals surface area contributed by atoms with Crippen molar-refractivity contribution < 1.29 is 24.2 Å². The predicted octanol–water partition coefficient (Wildman–Crippen LogP) is 4.11. The number of ether oxygens (including phenoxy) is 3. The van der Waals surface area contributed by atoms with Crippen LogP contribution in [0.1, 0.15) is 43.2 Å². The third-order valence-corrected chi connectivity index (χ3v) is 5.03. The monoisotopic (exact) mass is 389 g/mol. The van der Waals surface area contributed by atoms with Gasteiger partial charge in [-0.15, -0.1) is 0 Å². The number of aliphatic hydroxyl groups is 1. The fourth-order valence-corrected chi connectivity index (χ4v) is 3.36. The summed E-state index contributed by atoms with van der Waals surface area (Å²) in [4.78, 5) is 11.2. The number of benzene rings is 2. The first-order chi connectivity index (χ1) is 13.4. The van der Waals surface area contributed by atoms with Gasteiger partial charge in [0.25, 0.3) is 0 Å². The minimum Gasteiger partial charge on any atom is -0.493 e. The highest BCUT2D eigenvalue weighted by atomic mass is 16.7. The SMILES string of the molecule is CCC(CCC(O)(c1cc(OC)c(OC)c(OC)c1)[N+](=O)[O-])c1ccccc1. The second-order valence-electron chi connectivity index (χ2n) is 6.54. The van der Waals surface area contributed by atoms with Gasteiger partial charge in [0.1, 0.15) is 0 Å². The van der Waals surface area contributed by atoms with Crippen LogP contribution in [0.2, 0.25) is 0 Å². The fraction of sp³-hybridized carbons (Fsp3) is 0.429. The Morgan fingerprint density at radius 1 is 1.07 bits per heavy atom. The molecule has 2 atom stereocenters. The predicted molar refractivity (Wildman–Crippen MR) is 106 cm³/mol. The molecule has 7 heteroatoms. The molecule has 0 saturated carbocycles. The van der Waals surface area contributed by atoms with E-state index in [0.29, 0.717) is 12.2 Å². The first-order valence-electron chi connectivity index (χ1n) is 9.13. The molecule has 28 heavy (non-hydrogen) atoms. The van der Waals surface area contributed by atoms with Crippen LogP contribution in [-0.2, 0) is 5.72 Å². The normalized spacial score (nSPS) is 14.0. The highest BCUT2D eigenvalue weighted by Crippen LogP contribution is 2.43. The van der Waals surface area contributed by atoms with Crippen molar-refractivity contribution in [2.75, 3.05) is 21.3 Å². The highest BCUT2D eigenvalue weighted by molar-refractivity contribution is 5.54. The van der Waals surface area contributed by atoms with Crippen molar-refractivity contribution >= 4 is 0 Å². The molecule has 2 unspecified atom stereocenters. The maximum absolute atomic E-state index is 11.9. The summed E-state index contributed by atoms with van der Waals surface area (Å²) >= 11 is 0. The van der Waals surface area contributed by atoms with Gasteiger partial charge < -0.3 is 19.3 Å². The van der Waals surface area contributed by atoms with Gasteiger partial charge in [-0.25, -0.2) is 0 Å². The van der Waals surface area contributed by atoms with Crippen molar-refractivity contribution in [3.63, 3.8) is 0 Å². The summed E-state index contributed by atoms with van der Waals surface area (Å²) in [5.74, 6) is 0.935. The van der Waals surface area contributed by atoms with E-state index in [4.69, 9.17) is 14.2 Å². The quantitative estimate of drug-likeness (QED) is 0.374. The number of hydrogen-bond donors (Lipinski definition) is 1. The van der Waals surface area contributed by atoms with Crippen LogP contribution >= 0.6 is 0 Å². The van der Waals surface area contributed by atoms with Crippen LogP contribution < -0.4 is 14.2 Å². The first kappa shape index (κ1) is 21.5. The van der Waals surface area contributed by atoms with E-state index in [9.17, 15) is 15.2 Å². The van der Waals surface area contributed by atoms with Gasteiger partial charge in [-0.3, -0.25) is 10.1 Å². The third kappa shape index (κ3) is 4.36. The van der Waals surface area contributed by atoms with Crippen LogP contribution in [0.4, 0.5) is 0 Å². The molecule has 0 saturated heterocycles. The molecule has 0 amide bonds. The smallest absolute Gasteiger partial charge is 0.349 e. The summed E-state index contributed by atoms with van der Waals surface area (Å²) in [5, 5.41) is 22.9. The van der Waals surface area contributed by atoms with E-state index < -0.39 is 10.6 Å². The average Bonchev–Trinajstić information content (AvgIpc) is 2.73. The van der Waals surface area contributed by atoms with Crippen molar-refractivity contribution in [2.24, 2.45) is 0 Å². The second kappa shape index (κ2) is 9.41. The molecule has 152 valence electrons. The zero-order valence-corrected chi connectivity index (χ0v) is 16.7. The average molecular weight is 389 g/mol. The van der Waals surface area contributed by atoms with E-state index in [2.05, 4.69) is 0 Å². The van der Waals surface area contributed by atoms with Gasteiger partial charge in [-0.05, 0) is 36.5 Å². The maximum Gasteiger partial charge on any atom is 0.349 e. The van der Waals surface area contributed by atoms with Crippen LogP contribution in [0.3, 0.4) is 0 Å². The lowest BCUT2D eigenvalue weighted by Gasteiger charge is -2.24. The van der Waals surface area contributed by atoms with Gasteiger partial charge in [0, 0.05) is 0 Å². The second-order valence-corrected chi connectivity index (χ2v) is 6.54. The Kier molecular flexibility index (Phi) is 7.23. The molecule has 0 fully saturated rings. The Morgan fingerprint density at radius 2 is 1.64 bits per heavy atom. The molecular weight excluding hydrogens is 362 g/mol. The van der Waals surface area contributed by atoms with Gasteiger partial charge in [0.2, 0.25) is 5.75 Å². The summed E-state index contributed by atoms with van der Waals surface area (Å²) in [6.45, 7) is 2.03. The lowest BCUT2D eigenvalue weighted by atomic mass is 9.87. The molecule has 0 radical (unpaired) electrons. The van der Waals surface area contributed by atoms with E-state index in [-0.39, 0.29) is 29.4 Å². The minimum atomic E-state index is -2.27. The van der Waals surface area contributed by atoms with E-state index in [1.165, 1.54) is 33.5 Å². The molecule has 0 bridgehead atoms. The minimum absolute atomic E-state index is 0.0496. The van der Waals surface area contributed by atoms with Crippen LogP contribution in [0.15, 0.2) is 42.5 Å². The van der Waals surface area contributed by atoms with E-state index in [1.807, 2.05) is 37.3 Å². The van der Waals surface area contributed by atoms with E-state index in [0.717, 1.165) is 12.0 Å². The number of nitrogens with zero attached hydrogens (tertiary/aromatic N) is 1. The van der Waals surface area contributed by atoms with E-state index >= 15 is 0 Å². The van der Waals surface area contributed by atoms with Crippen LogP contribution in [0.5, 0.6) is 17.2 Å². The summed E-state index contributed by atoms with van der Waals surface area (Å²) in [5.41, 5.74) is -1.08. The Bertz CT molecular complexity index is 770. The van der Waals surface area contributed by atoms with Gasteiger partial charge in [0.15, 0.2) is 11.5 Å². The van der Waals surface area contributed by atoms with Crippen LogP contribution in [0, 0.1) is 10.1 Å².